The smallest absolute Gasteiger partial charge is 0.329 e. The summed E-state index contributed by atoms with van der Waals surface area (Å²) in [5.41, 5.74) is 16.5. The summed E-state index contributed by atoms with van der Waals surface area (Å²) in [5.74, 6) is -5.72. The number of nitriles is 1. The maximum Gasteiger partial charge on any atom is 0.329 e. The Labute approximate surface area is 309 Å². The van der Waals surface area contributed by atoms with Crippen molar-refractivity contribution in [3.05, 3.63) is 0 Å². The Morgan fingerprint density at radius 3 is 2.12 bits per heavy atom. The normalized spacial score (nSPS) is 16.9. The lowest BCUT2D eigenvalue weighted by Crippen LogP contribution is -2.59. The summed E-state index contributed by atoms with van der Waals surface area (Å²) < 4.78 is 10.5. The van der Waals surface area contributed by atoms with Crippen LogP contribution in [0, 0.1) is 17.2 Å². The van der Waals surface area contributed by atoms with Gasteiger partial charge in [0, 0.05) is 32.2 Å². The highest BCUT2D eigenvalue weighted by atomic mass is 32.1. The monoisotopic (exact) mass is 757 g/mol. The maximum atomic E-state index is 13.4. The van der Waals surface area contributed by atoms with Gasteiger partial charge in [0.2, 0.25) is 35.4 Å². The highest BCUT2D eigenvalue weighted by molar-refractivity contribution is 7.80. The van der Waals surface area contributed by atoms with Gasteiger partial charge in [0.15, 0.2) is 12.9 Å². The number of nitrogens with zero attached hydrogens (tertiary/aromatic N) is 2. The molecule has 1 saturated heterocycles. The number of hydroxylamine groups is 2. The first-order valence-electron chi connectivity index (χ1n) is 17.3. The van der Waals surface area contributed by atoms with Gasteiger partial charge in [0.1, 0.15) is 30.2 Å². The molecule has 0 spiro atoms. The fraction of sp³-hybridized carbons (Fsp3) is 0.750. The summed E-state index contributed by atoms with van der Waals surface area (Å²) in [7, 11) is 0. The van der Waals surface area contributed by atoms with Gasteiger partial charge in [-0.2, -0.15) is 17.9 Å². The van der Waals surface area contributed by atoms with Gasteiger partial charge in [-0.15, -0.1) is 0 Å². The molecule has 6 atom stereocenters. The van der Waals surface area contributed by atoms with E-state index < -0.39 is 91.0 Å². The third-order valence-corrected chi connectivity index (χ3v) is 8.23. The molecule has 0 aliphatic carbocycles. The minimum atomic E-state index is -1.29. The number of esters is 1. The van der Waals surface area contributed by atoms with Crippen molar-refractivity contribution in [2.45, 2.75) is 115 Å². The van der Waals surface area contributed by atoms with Gasteiger partial charge in [-0.25, -0.2) is 14.7 Å². The number of thiol groups is 1. The highest BCUT2D eigenvalue weighted by Crippen LogP contribution is 2.16. The first kappa shape index (κ1) is 46.0. The molecule has 0 bridgehead atoms. The Bertz CT molecular complexity index is 1250. The van der Waals surface area contributed by atoms with Gasteiger partial charge in [-0.1, -0.05) is 13.8 Å². The van der Waals surface area contributed by atoms with Crippen LogP contribution in [0.25, 0.3) is 0 Å². The number of unbranched alkanes of at least 4 members (excludes halogenated alkanes) is 1. The van der Waals surface area contributed by atoms with E-state index in [2.05, 4.69) is 33.9 Å². The Kier molecular flexibility index (Phi) is 22.1. The number of primary amides is 1. The van der Waals surface area contributed by atoms with E-state index in [0.29, 0.717) is 32.3 Å². The zero-order valence-electron chi connectivity index (χ0n) is 30.1. The second-order valence-electron chi connectivity index (χ2n) is 12.6. The topological polar surface area (TPSA) is 300 Å². The minimum absolute atomic E-state index is 0.0650. The Morgan fingerprint density at radius 2 is 1.56 bits per heavy atom. The Hall–Kier alpha value is -4.03. The summed E-state index contributed by atoms with van der Waals surface area (Å²) in [6, 6.07) is -4.41. The van der Waals surface area contributed by atoms with Gasteiger partial charge >= 0.3 is 5.97 Å². The summed E-state index contributed by atoms with van der Waals surface area (Å²) in [6.45, 7) is 5.01. The lowest BCUT2D eigenvalue weighted by atomic mass is 10.0. The molecule has 1 heterocycles. The molecule has 1 unspecified atom stereocenters. The maximum absolute atomic E-state index is 13.4. The standard InChI is InChI=1S/C32H55N9O10S/c1-19(2)27(40-28(44)21(35)17-25(36)43)31(47)37-22(10-8-12-33)29(45)39-24(18-52)30(46)38-23(32(48)50-16-13-34)9-4-6-14-41(20(3)42)51-26-11-5-7-15-49-26/h19,21-24,26-27,52H,4-12,14-18,33,35H2,1-3H3,(H2,36,43)(H,37,47)(H,38,46)(H,39,45)(H,40,44)/t21-,22-,23-,24-,26?,27-/m0/s1. The predicted molar refractivity (Wildman–Crippen MR) is 189 cm³/mol. The van der Waals surface area contributed by atoms with Crippen LogP contribution in [-0.4, -0.2) is 115 Å². The van der Waals surface area contributed by atoms with Gasteiger partial charge in [0.05, 0.1) is 12.5 Å². The quantitative estimate of drug-likeness (QED) is 0.0229. The summed E-state index contributed by atoms with van der Waals surface area (Å²) in [4.78, 5) is 94.3. The zero-order chi connectivity index (χ0) is 39.2. The molecule has 10 N–H and O–H groups in total. The fourth-order valence-electron chi connectivity index (χ4n) is 4.97. The molecule has 0 radical (unpaired) electrons. The number of carbonyl (C=O) groups excluding carboxylic acids is 7. The van der Waals surface area contributed by atoms with Crippen LogP contribution in [0.1, 0.15) is 78.6 Å². The van der Waals surface area contributed by atoms with Crippen LogP contribution in [-0.2, 0) is 47.9 Å². The molecule has 52 heavy (non-hydrogen) atoms. The van der Waals surface area contributed by atoms with E-state index in [1.54, 1.807) is 19.9 Å². The van der Waals surface area contributed by atoms with E-state index >= 15 is 0 Å². The van der Waals surface area contributed by atoms with E-state index in [0.717, 1.165) is 12.8 Å². The second kappa shape index (κ2) is 25.0. The largest absolute Gasteiger partial charge is 0.449 e. The number of nitrogens with one attached hydrogen (secondary N) is 4. The molecule has 1 fully saturated rings. The molecule has 294 valence electrons. The molecular weight excluding hydrogens is 702 g/mol. The predicted octanol–water partition coefficient (Wildman–Crippen LogP) is -2.00. The van der Waals surface area contributed by atoms with Gasteiger partial charge < -0.3 is 47.9 Å². The fourth-order valence-corrected chi connectivity index (χ4v) is 5.23. The highest BCUT2D eigenvalue weighted by Gasteiger charge is 2.33. The van der Waals surface area contributed by atoms with Crippen LogP contribution < -0.4 is 38.5 Å². The summed E-state index contributed by atoms with van der Waals surface area (Å²) in [6.07, 6.45) is 2.67. The summed E-state index contributed by atoms with van der Waals surface area (Å²) >= 11 is 4.19. The second-order valence-corrected chi connectivity index (χ2v) is 13.0. The Balaban J connectivity index is 2.96. The molecule has 0 saturated carbocycles. The van der Waals surface area contributed by atoms with Crippen molar-refractivity contribution < 1.29 is 47.9 Å². The molecule has 1 aliphatic heterocycles. The van der Waals surface area contributed by atoms with Crippen LogP contribution in [0.4, 0.5) is 0 Å². The molecule has 20 heteroatoms. The van der Waals surface area contributed by atoms with Crippen molar-refractivity contribution in [1.82, 2.24) is 26.3 Å². The van der Waals surface area contributed by atoms with Crippen molar-refractivity contribution in [2.75, 3.05) is 32.1 Å². The SMILES string of the molecule is CC(=O)N(CCCC[C@H](NC(=O)[C@H](CS)NC(=O)[C@H](CCCN)NC(=O)[C@@H](NC(=O)[C@@H](N)CC(N)=O)C(C)C)C(=O)OCC#N)OC1CCCCO1. The van der Waals surface area contributed by atoms with E-state index in [1.807, 2.05) is 0 Å². The van der Waals surface area contributed by atoms with Gasteiger partial charge in [0.25, 0.3) is 0 Å². The number of rotatable bonds is 24. The third kappa shape index (κ3) is 17.5. The van der Waals surface area contributed by atoms with Crippen LogP contribution in [0.15, 0.2) is 0 Å². The number of hydrogen-bond acceptors (Lipinski definition) is 14. The molecule has 0 aromatic rings. The molecule has 0 aromatic heterocycles. The van der Waals surface area contributed by atoms with E-state index in [-0.39, 0.29) is 37.6 Å². The van der Waals surface area contributed by atoms with Crippen LogP contribution in [0.2, 0.25) is 0 Å². The molecule has 19 nitrogen and oxygen atoms in total. The van der Waals surface area contributed by atoms with Crippen molar-refractivity contribution in [2.24, 2.45) is 23.1 Å². The molecule has 1 aliphatic rings. The third-order valence-electron chi connectivity index (χ3n) is 7.87. The molecule has 0 aromatic carbocycles. The van der Waals surface area contributed by atoms with Crippen molar-refractivity contribution in [3.63, 3.8) is 0 Å². The average Bonchev–Trinajstić information content (AvgIpc) is 3.10. The van der Waals surface area contributed by atoms with Crippen LogP contribution in [0.3, 0.4) is 0 Å². The number of amides is 6. The van der Waals surface area contributed by atoms with Gasteiger partial charge in [-0.3, -0.25) is 28.8 Å². The Morgan fingerprint density at radius 1 is 0.923 bits per heavy atom. The lowest BCUT2D eigenvalue weighted by molar-refractivity contribution is -0.279. The summed E-state index contributed by atoms with van der Waals surface area (Å²) in [5, 5.41) is 20.2. The van der Waals surface area contributed by atoms with Crippen molar-refractivity contribution in [1.29, 1.82) is 5.26 Å². The van der Waals surface area contributed by atoms with Crippen molar-refractivity contribution in [3.8, 4) is 6.07 Å². The molecular formula is C32H55N9O10S. The van der Waals surface area contributed by atoms with Gasteiger partial charge in [-0.05, 0) is 57.4 Å². The minimum Gasteiger partial charge on any atom is -0.449 e. The number of ether oxygens (including phenoxy) is 2. The van der Waals surface area contributed by atoms with E-state index in [4.69, 9.17) is 36.8 Å². The van der Waals surface area contributed by atoms with E-state index in [1.165, 1.54) is 12.0 Å². The average molecular weight is 758 g/mol. The molecule has 6 amide bonds. The first-order chi connectivity index (χ1) is 24.6. The number of hydrogen-bond donors (Lipinski definition) is 8. The first-order valence-corrected chi connectivity index (χ1v) is 17.9. The lowest BCUT2D eigenvalue weighted by Gasteiger charge is -2.29. The van der Waals surface area contributed by atoms with Crippen LogP contribution in [0.5, 0.6) is 0 Å². The molecule has 1 rings (SSSR count). The van der Waals surface area contributed by atoms with Crippen molar-refractivity contribution >= 4 is 54.0 Å². The van der Waals surface area contributed by atoms with E-state index in [9.17, 15) is 33.6 Å². The number of nitrogens with two attached hydrogens (primary N) is 3. The zero-order valence-corrected chi connectivity index (χ0v) is 31.0. The number of carbonyl (C=O) groups is 7. The van der Waals surface area contributed by atoms with Crippen LogP contribution >= 0.6 is 12.6 Å².